The van der Waals surface area contributed by atoms with Gasteiger partial charge in [0.1, 0.15) is 25.3 Å². The number of fused-ring (bicyclic) bond motifs is 3. The molecule has 2 heterocycles. The van der Waals surface area contributed by atoms with Crippen molar-refractivity contribution in [3.05, 3.63) is 78.1 Å². The molecule has 0 radical (unpaired) electrons. The number of hydrogen-bond donors (Lipinski definition) is 2. The first-order chi connectivity index (χ1) is 16.4. The van der Waals surface area contributed by atoms with Gasteiger partial charge in [-0.15, -0.1) is 0 Å². The lowest BCUT2D eigenvalue weighted by atomic mass is 9.91. The number of aliphatic hydroxyl groups is 1. The lowest BCUT2D eigenvalue weighted by Crippen LogP contribution is -2.57. The molecule has 9 heteroatoms. The number of esters is 1. The fourth-order valence-corrected chi connectivity index (χ4v) is 5.52. The van der Waals surface area contributed by atoms with Gasteiger partial charge in [0.15, 0.2) is 5.82 Å². The molecule has 34 heavy (non-hydrogen) atoms. The Morgan fingerprint density at radius 3 is 2.29 bits per heavy atom. The minimum atomic E-state index is -1.90. The lowest BCUT2D eigenvalue weighted by Gasteiger charge is -2.40. The SMILES string of the molecule is C[N@@+]1(C(C(N)=O)c2ncncn2)CCCC1COC(=O)C1(O)c2ccccc2-c2ccccc21. The topological polar surface area (TPSA) is 128 Å². The monoisotopic (exact) mass is 460 g/mol. The van der Waals surface area contributed by atoms with Gasteiger partial charge in [0.2, 0.25) is 11.6 Å². The van der Waals surface area contributed by atoms with E-state index < -0.39 is 23.5 Å². The Labute approximate surface area is 196 Å². The van der Waals surface area contributed by atoms with Gasteiger partial charge in [0.05, 0.1) is 13.6 Å². The second-order valence-electron chi connectivity index (χ2n) is 9.07. The van der Waals surface area contributed by atoms with Gasteiger partial charge in [-0.25, -0.2) is 19.7 Å². The number of nitrogens with two attached hydrogens (primary N) is 1. The lowest BCUT2D eigenvalue weighted by molar-refractivity contribution is -0.942. The van der Waals surface area contributed by atoms with Gasteiger partial charge in [-0.05, 0) is 11.1 Å². The first-order valence-corrected chi connectivity index (χ1v) is 11.2. The third-order valence-corrected chi connectivity index (χ3v) is 7.25. The Morgan fingerprint density at radius 1 is 1.12 bits per heavy atom. The number of ether oxygens (including phenoxy) is 1. The van der Waals surface area contributed by atoms with Crippen LogP contribution in [-0.4, -0.2) is 62.7 Å². The summed E-state index contributed by atoms with van der Waals surface area (Å²) in [6.07, 6.45) is 4.22. The molecule has 2 aromatic carbocycles. The largest absolute Gasteiger partial charge is 0.457 e. The summed E-state index contributed by atoms with van der Waals surface area (Å²) in [6, 6.07) is 13.6. The third-order valence-electron chi connectivity index (χ3n) is 7.25. The zero-order chi connectivity index (χ0) is 23.9. The van der Waals surface area contributed by atoms with Crippen molar-refractivity contribution in [1.82, 2.24) is 15.0 Å². The maximum atomic E-state index is 13.4. The van der Waals surface area contributed by atoms with Crippen LogP contribution in [0.2, 0.25) is 0 Å². The van der Waals surface area contributed by atoms with Crippen molar-refractivity contribution in [2.45, 2.75) is 30.5 Å². The Hall–Kier alpha value is -3.69. The Bertz CT molecular complexity index is 1210. The van der Waals surface area contributed by atoms with Crippen molar-refractivity contribution in [1.29, 1.82) is 0 Å². The highest BCUT2D eigenvalue weighted by Gasteiger charge is 2.52. The van der Waals surface area contributed by atoms with Crippen molar-refractivity contribution in [3.8, 4) is 11.1 Å². The molecule has 1 amide bonds. The number of amides is 1. The van der Waals surface area contributed by atoms with Gasteiger partial charge in [-0.3, -0.25) is 4.79 Å². The molecule has 3 atom stereocenters. The van der Waals surface area contributed by atoms with Crippen LogP contribution in [0.15, 0.2) is 61.2 Å². The van der Waals surface area contributed by atoms with Crippen LogP contribution < -0.4 is 5.73 Å². The van der Waals surface area contributed by atoms with E-state index in [1.165, 1.54) is 12.7 Å². The van der Waals surface area contributed by atoms with E-state index in [1.54, 1.807) is 24.3 Å². The van der Waals surface area contributed by atoms with Crippen LogP contribution in [-0.2, 0) is 19.9 Å². The molecule has 1 aliphatic heterocycles. The molecule has 0 saturated carbocycles. The number of likely N-dealkylation sites (N-methyl/N-ethyl adjacent to an activating group) is 1. The number of carbonyl (C=O) groups excluding carboxylic acids is 2. The zero-order valence-electron chi connectivity index (χ0n) is 18.8. The fraction of sp³-hybridized carbons (Fsp3) is 0.320. The number of hydrogen-bond acceptors (Lipinski definition) is 7. The number of nitrogens with zero attached hydrogens (tertiary/aromatic N) is 4. The predicted molar refractivity (Wildman–Crippen MR) is 122 cm³/mol. The van der Waals surface area contributed by atoms with E-state index in [0.29, 0.717) is 23.5 Å². The predicted octanol–water partition coefficient (Wildman–Crippen LogP) is 1.47. The summed E-state index contributed by atoms with van der Waals surface area (Å²) in [5.41, 5.74) is 6.51. The first-order valence-electron chi connectivity index (χ1n) is 11.2. The van der Waals surface area contributed by atoms with Crippen molar-refractivity contribution < 1.29 is 23.9 Å². The third kappa shape index (κ3) is 3.27. The van der Waals surface area contributed by atoms with Crippen LogP contribution in [0, 0.1) is 0 Å². The average Bonchev–Trinajstić information content (AvgIpc) is 3.34. The second kappa shape index (κ2) is 8.27. The second-order valence-corrected chi connectivity index (χ2v) is 9.07. The summed E-state index contributed by atoms with van der Waals surface area (Å²) >= 11 is 0. The molecule has 2 unspecified atom stereocenters. The molecule has 5 rings (SSSR count). The quantitative estimate of drug-likeness (QED) is 0.421. The van der Waals surface area contributed by atoms with Gasteiger partial charge >= 0.3 is 5.97 Å². The Kier molecular flexibility index (Phi) is 5.38. The highest BCUT2D eigenvalue weighted by Crippen LogP contribution is 2.48. The summed E-state index contributed by atoms with van der Waals surface area (Å²) in [7, 11) is 1.90. The minimum absolute atomic E-state index is 0.0246. The molecule has 9 nitrogen and oxygen atoms in total. The molecule has 0 bridgehead atoms. The van der Waals surface area contributed by atoms with Gasteiger partial charge in [0, 0.05) is 24.0 Å². The van der Waals surface area contributed by atoms with E-state index in [1.807, 2.05) is 31.3 Å². The van der Waals surface area contributed by atoms with Gasteiger partial charge < -0.3 is 20.1 Å². The number of benzene rings is 2. The standard InChI is InChI=1S/C25H25N5O4/c1-30(21(22(26)31)23-28-14-27-15-29-23)12-6-7-16(30)13-34-24(32)25(33)19-10-4-2-8-17(19)18-9-3-5-11-20(18)25/h2-5,8-11,14-16,21,33H,6-7,12-13H2,1H3,(H-,26,31)/p+1/t16?,21?,30-/m1/s1. The van der Waals surface area contributed by atoms with Crippen molar-refractivity contribution in [2.24, 2.45) is 5.73 Å². The van der Waals surface area contributed by atoms with Gasteiger partial charge in [-0.1, -0.05) is 48.5 Å². The van der Waals surface area contributed by atoms with E-state index in [2.05, 4.69) is 15.0 Å². The van der Waals surface area contributed by atoms with Crippen LogP contribution in [0.1, 0.15) is 35.8 Å². The number of quaternary nitrogens is 1. The van der Waals surface area contributed by atoms with E-state index in [-0.39, 0.29) is 17.1 Å². The number of primary amides is 1. The molecule has 1 saturated heterocycles. The van der Waals surface area contributed by atoms with Crippen molar-refractivity contribution >= 4 is 11.9 Å². The molecule has 2 aliphatic rings. The molecule has 3 aromatic rings. The number of rotatable bonds is 6. The highest BCUT2D eigenvalue weighted by molar-refractivity contribution is 5.96. The summed E-state index contributed by atoms with van der Waals surface area (Å²) < 4.78 is 6.00. The fourth-order valence-electron chi connectivity index (χ4n) is 5.52. The van der Waals surface area contributed by atoms with E-state index in [4.69, 9.17) is 10.5 Å². The van der Waals surface area contributed by atoms with Crippen LogP contribution >= 0.6 is 0 Å². The van der Waals surface area contributed by atoms with Crippen LogP contribution in [0.5, 0.6) is 0 Å². The van der Waals surface area contributed by atoms with E-state index >= 15 is 0 Å². The van der Waals surface area contributed by atoms with Crippen LogP contribution in [0.4, 0.5) is 0 Å². The van der Waals surface area contributed by atoms with E-state index in [9.17, 15) is 14.7 Å². The molecule has 1 fully saturated rings. The van der Waals surface area contributed by atoms with Crippen molar-refractivity contribution in [2.75, 3.05) is 20.2 Å². The van der Waals surface area contributed by atoms with Gasteiger partial charge in [-0.2, -0.15) is 0 Å². The molecule has 0 spiro atoms. The Morgan fingerprint density at radius 2 is 1.71 bits per heavy atom. The summed E-state index contributed by atoms with van der Waals surface area (Å²) in [6.45, 7) is 0.675. The normalized spacial score (nSPS) is 23.1. The average molecular weight is 461 g/mol. The summed E-state index contributed by atoms with van der Waals surface area (Å²) in [5.74, 6) is -0.996. The van der Waals surface area contributed by atoms with E-state index in [0.717, 1.165) is 24.0 Å². The van der Waals surface area contributed by atoms with Crippen LogP contribution in [0.3, 0.4) is 0 Å². The number of aromatic nitrogens is 3. The molecule has 174 valence electrons. The number of carbonyl (C=O) groups is 2. The smallest absolute Gasteiger partial charge is 0.347 e. The van der Waals surface area contributed by atoms with Gasteiger partial charge in [0.25, 0.3) is 5.91 Å². The maximum Gasteiger partial charge on any atom is 0.347 e. The molecule has 3 N–H and O–H groups in total. The first kappa shape index (κ1) is 22.1. The maximum absolute atomic E-state index is 13.4. The minimum Gasteiger partial charge on any atom is -0.457 e. The molecular formula is C25H26N5O4+. The highest BCUT2D eigenvalue weighted by atomic mass is 16.6. The number of likely N-dealkylation sites (tertiary alicyclic amines) is 1. The van der Waals surface area contributed by atoms with Crippen molar-refractivity contribution in [3.63, 3.8) is 0 Å². The molecular weight excluding hydrogens is 434 g/mol. The Balaban J connectivity index is 1.42. The van der Waals surface area contributed by atoms with Crippen LogP contribution in [0.25, 0.3) is 11.1 Å². The summed E-state index contributed by atoms with van der Waals surface area (Å²) in [5, 5.41) is 11.7. The zero-order valence-corrected chi connectivity index (χ0v) is 18.8. The molecule has 1 aliphatic carbocycles. The molecule has 1 aromatic heterocycles. The summed E-state index contributed by atoms with van der Waals surface area (Å²) in [4.78, 5) is 38.0.